The molecule has 1 unspecified atom stereocenters. The van der Waals surface area contributed by atoms with E-state index in [1.165, 1.54) is 0 Å². The summed E-state index contributed by atoms with van der Waals surface area (Å²) in [6, 6.07) is 7.12. The van der Waals surface area contributed by atoms with Crippen molar-refractivity contribution >= 4 is 17.4 Å². The molecule has 0 aromatic heterocycles. The van der Waals surface area contributed by atoms with Crippen LogP contribution < -0.4 is 16.4 Å². The zero-order valence-electron chi connectivity index (χ0n) is 11.3. The number of nitrogens with zero attached hydrogens (tertiary/aromatic N) is 1. The lowest BCUT2D eigenvalue weighted by Crippen LogP contribution is -2.39. The third-order valence-electron chi connectivity index (χ3n) is 3.12. The molecule has 1 aliphatic heterocycles. The van der Waals surface area contributed by atoms with E-state index in [0.29, 0.717) is 0 Å². The van der Waals surface area contributed by atoms with Crippen LogP contribution in [-0.4, -0.2) is 30.9 Å². The highest BCUT2D eigenvalue weighted by molar-refractivity contribution is 6.00. The van der Waals surface area contributed by atoms with Gasteiger partial charge in [0.25, 0.3) is 0 Å². The van der Waals surface area contributed by atoms with Gasteiger partial charge >= 0.3 is 0 Å². The summed E-state index contributed by atoms with van der Waals surface area (Å²) < 4.78 is 0. The Hall–Kier alpha value is -1.88. The fourth-order valence-electron chi connectivity index (χ4n) is 1.83. The summed E-state index contributed by atoms with van der Waals surface area (Å²) in [5, 5.41) is 6.03. The van der Waals surface area contributed by atoms with Crippen LogP contribution in [0.4, 0.5) is 5.69 Å². The molecule has 0 radical (unpaired) electrons. The number of aliphatic imine (C=N–C) groups is 1. The van der Waals surface area contributed by atoms with Crippen molar-refractivity contribution in [2.24, 2.45) is 16.6 Å². The standard InChI is InChI=1S/C14H20N4O/c1-9(2)12(15)14(19)18-11-5-3-10(4-6-11)13-16-7-8-17-13/h3-6,9,12H,7-8,15H2,1-2H3,(H,16,17)(H,18,19). The Bertz CT molecular complexity index is 479. The van der Waals surface area contributed by atoms with Crippen LogP contribution in [0, 0.1) is 5.92 Å². The number of carbonyl (C=O) groups is 1. The van der Waals surface area contributed by atoms with Gasteiger partial charge in [-0.15, -0.1) is 0 Å². The molecule has 1 atom stereocenters. The lowest BCUT2D eigenvalue weighted by atomic mass is 10.0. The fraction of sp³-hybridized carbons (Fsp3) is 0.429. The van der Waals surface area contributed by atoms with Crippen LogP contribution in [0.1, 0.15) is 19.4 Å². The third kappa shape index (κ3) is 3.32. The van der Waals surface area contributed by atoms with Crippen molar-refractivity contribution in [3.63, 3.8) is 0 Å². The first-order chi connectivity index (χ1) is 9.08. The van der Waals surface area contributed by atoms with E-state index >= 15 is 0 Å². The zero-order valence-corrected chi connectivity index (χ0v) is 11.3. The summed E-state index contributed by atoms with van der Waals surface area (Å²) in [5.74, 6) is 0.882. The highest BCUT2D eigenvalue weighted by Gasteiger charge is 2.17. The number of amides is 1. The second-order valence-electron chi connectivity index (χ2n) is 4.99. The van der Waals surface area contributed by atoms with Crippen LogP contribution in [0.3, 0.4) is 0 Å². The number of hydrogen-bond donors (Lipinski definition) is 3. The SMILES string of the molecule is CC(C)C(N)C(=O)Nc1ccc(C2=NCCN2)cc1. The lowest BCUT2D eigenvalue weighted by molar-refractivity contribution is -0.118. The molecule has 2 rings (SSSR count). The molecule has 1 aromatic rings. The van der Waals surface area contributed by atoms with Crippen molar-refractivity contribution in [2.45, 2.75) is 19.9 Å². The van der Waals surface area contributed by atoms with Crippen molar-refractivity contribution in [3.05, 3.63) is 29.8 Å². The van der Waals surface area contributed by atoms with E-state index < -0.39 is 6.04 Å². The van der Waals surface area contributed by atoms with Gasteiger partial charge in [0.1, 0.15) is 5.84 Å². The van der Waals surface area contributed by atoms with E-state index in [1.54, 1.807) is 0 Å². The number of amidine groups is 1. The van der Waals surface area contributed by atoms with Crippen LogP contribution in [-0.2, 0) is 4.79 Å². The molecule has 1 amide bonds. The van der Waals surface area contributed by atoms with Crippen LogP contribution >= 0.6 is 0 Å². The Kier molecular flexibility index (Phi) is 4.16. The Labute approximate surface area is 113 Å². The molecule has 0 aliphatic carbocycles. The first-order valence-electron chi connectivity index (χ1n) is 6.53. The van der Waals surface area contributed by atoms with Crippen LogP contribution in [0.25, 0.3) is 0 Å². The molecule has 19 heavy (non-hydrogen) atoms. The lowest BCUT2D eigenvalue weighted by Gasteiger charge is -2.15. The second-order valence-corrected chi connectivity index (χ2v) is 4.99. The summed E-state index contributed by atoms with van der Waals surface area (Å²) in [7, 11) is 0. The van der Waals surface area contributed by atoms with Gasteiger partial charge in [-0.25, -0.2) is 0 Å². The maximum Gasteiger partial charge on any atom is 0.241 e. The van der Waals surface area contributed by atoms with Gasteiger partial charge in [-0.1, -0.05) is 13.8 Å². The molecule has 0 spiro atoms. The van der Waals surface area contributed by atoms with Gasteiger partial charge < -0.3 is 16.4 Å². The summed E-state index contributed by atoms with van der Waals surface area (Å²) >= 11 is 0. The number of carbonyl (C=O) groups excluding carboxylic acids is 1. The van der Waals surface area contributed by atoms with Crippen molar-refractivity contribution in [3.8, 4) is 0 Å². The van der Waals surface area contributed by atoms with E-state index in [1.807, 2.05) is 38.1 Å². The number of nitrogens with one attached hydrogen (secondary N) is 2. The van der Waals surface area contributed by atoms with E-state index in [-0.39, 0.29) is 11.8 Å². The summed E-state index contributed by atoms with van der Waals surface area (Å²) in [5.41, 5.74) is 7.58. The predicted octanol–water partition coefficient (Wildman–Crippen LogP) is 0.958. The first kappa shape index (κ1) is 13.5. The van der Waals surface area contributed by atoms with Gasteiger partial charge in [0, 0.05) is 17.8 Å². The van der Waals surface area contributed by atoms with Gasteiger partial charge in [0.15, 0.2) is 0 Å². The number of anilines is 1. The molecule has 5 nitrogen and oxygen atoms in total. The Balaban J connectivity index is 2.01. The minimum Gasteiger partial charge on any atom is -0.368 e. The number of hydrogen-bond acceptors (Lipinski definition) is 4. The summed E-state index contributed by atoms with van der Waals surface area (Å²) in [6.07, 6.45) is 0. The molecule has 0 bridgehead atoms. The quantitative estimate of drug-likeness (QED) is 0.754. The van der Waals surface area contributed by atoms with E-state index in [4.69, 9.17) is 5.73 Å². The van der Waals surface area contributed by atoms with Crippen molar-refractivity contribution in [1.82, 2.24) is 5.32 Å². The number of rotatable bonds is 4. The zero-order chi connectivity index (χ0) is 13.8. The van der Waals surface area contributed by atoms with Crippen LogP contribution in [0.5, 0.6) is 0 Å². The Morgan fingerprint density at radius 1 is 1.37 bits per heavy atom. The average molecular weight is 260 g/mol. The number of benzene rings is 1. The predicted molar refractivity (Wildman–Crippen MR) is 77.3 cm³/mol. The third-order valence-corrected chi connectivity index (χ3v) is 3.12. The second kappa shape index (κ2) is 5.84. The van der Waals surface area contributed by atoms with E-state index in [9.17, 15) is 4.79 Å². The minimum absolute atomic E-state index is 0.122. The van der Waals surface area contributed by atoms with E-state index in [2.05, 4.69) is 15.6 Å². The first-order valence-corrected chi connectivity index (χ1v) is 6.53. The maximum absolute atomic E-state index is 11.8. The van der Waals surface area contributed by atoms with Crippen molar-refractivity contribution < 1.29 is 4.79 Å². The molecule has 4 N–H and O–H groups in total. The molecule has 1 aliphatic rings. The monoisotopic (exact) mass is 260 g/mol. The Morgan fingerprint density at radius 3 is 2.58 bits per heavy atom. The summed E-state index contributed by atoms with van der Waals surface area (Å²) in [4.78, 5) is 16.2. The fourth-order valence-corrected chi connectivity index (χ4v) is 1.83. The van der Waals surface area contributed by atoms with Crippen molar-refractivity contribution in [2.75, 3.05) is 18.4 Å². The molecule has 1 heterocycles. The largest absolute Gasteiger partial charge is 0.368 e. The molecular formula is C14H20N4O. The van der Waals surface area contributed by atoms with Gasteiger partial charge in [0.2, 0.25) is 5.91 Å². The highest BCUT2D eigenvalue weighted by Crippen LogP contribution is 2.12. The highest BCUT2D eigenvalue weighted by atomic mass is 16.2. The normalized spacial score (nSPS) is 15.9. The van der Waals surface area contributed by atoms with Crippen LogP contribution in [0.2, 0.25) is 0 Å². The Morgan fingerprint density at radius 2 is 2.05 bits per heavy atom. The summed E-state index contributed by atoms with van der Waals surface area (Å²) in [6.45, 7) is 5.56. The maximum atomic E-state index is 11.8. The molecule has 102 valence electrons. The topological polar surface area (TPSA) is 79.5 Å². The molecular weight excluding hydrogens is 240 g/mol. The van der Waals surface area contributed by atoms with Crippen molar-refractivity contribution in [1.29, 1.82) is 0 Å². The van der Waals surface area contributed by atoms with Gasteiger partial charge in [-0.3, -0.25) is 9.79 Å². The average Bonchev–Trinajstić information content (AvgIpc) is 2.92. The van der Waals surface area contributed by atoms with E-state index in [0.717, 1.165) is 30.2 Å². The number of nitrogens with two attached hydrogens (primary N) is 1. The molecule has 0 saturated carbocycles. The molecule has 5 heteroatoms. The molecule has 1 aromatic carbocycles. The molecule has 0 saturated heterocycles. The van der Waals surface area contributed by atoms with Gasteiger partial charge in [-0.05, 0) is 30.2 Å². The smallest absolute Gasteiger partial charge is 0.241 e. The minimum atomic E-state index is -0.486. The van der Waals surface area contributed by atoms with Crippen LogP contribution in [0.15, 0.2) is 29.3 Å². The molecule has 0 fully saturated rings. The van der Waals surface area contributed by atoms with Gasteiger partial charge in [0.05, 0.1) is 12.6 Å². The van der Waals surface area contributed by atoms with Gasteiger partial charge in [-0.2, -0.15) is 0 Å².